The lowest BCUT2D eigenvalue weighted by atomic mass is 9.75. The zero-order valence-corrected chi connectivity index (χ0v) is 12.5. The molecule has 6 nitrogen and oxygen atoms in total. The Bertz CT molecular complexity index is 879. The number of carbonyl (C=O) groups is 1. The quantitative estimate of drug-likeness (QED) is 0.884. The monoisotopic (exact) mass is 313 g/mol. The Morgan fingerprint density at radius 1 is 1.30 bits per heavy atom. The summed E-state index contributed by atoms with van der Waals surface area (Å²) in [6, 6.07) is 7.40. The van der Waals surface area contributed by atoms with Crippen LogP contribution in [0.15, 0.2) is 29.1 Å². The summed E-state index contributed by atoms with van der Waals surface area (Å²) in [5.41, 5.74) is 1.39. The van der Waals surface area contributed by atoms with Crippen molar-refractivity contribution in [1.82, 2.24) is 4.98 Å². The Labute approximate surface area is 131 Å². The second-order valence-corrected chi connectivity index (χ2v) is 6.20. The van der Waals surface area contributed by atoms with Crippen LogP contribution in [0.1, 0.15) is 28.4 Å². The first-order valence-corrected chi connectivity index (χ1v) is 7.34. The Morgan fingerprint density at radius 2 is 2.04 bits per heavy atom. The Kier molecular flexibility index (Phi) is 2.86. The predicted octanol–water partition coefficient (Wildman–Crippen LogP) is 1.92. The van der Waals surface area contributed by atoms with Crippen molar-refractivity contribution < 1.29 is 19.4 Å². The molecule has 2 aliphatic heterocycles. The summed E-state index contributed by atoms with van der Waals surface area (Å²) in [6.07, 6.45) is 0. The van der Waals surface area contributed by atoms with Crippen molar-refractivity contribution in [3.8, 4) is 17.0 Å². The van der Waals surface area contributed by atoms with Gasteiger partial charge in [0.2, 0.25) is 0 Å². The number of fused-ring (bicyclic) bond motifs is 3. The van der Waals surface area contributed by atoms with Gasteiger partial charge in [0, 0.05) is 16.5 Å². The molecular formula is C17H15NO5. The van der Waals surface area contributed by atoms with Gasteiger partial charge in [0.25, 0.3) is 5.56 Å². The molecule has 0 radical (unpaired) electrons. The topological polar surface area (TPSA) is 88.6 Å². The van der Waals surface area contributed by atoms with Gasteiger partial charge < -0.3 is 19.6 Å². The van der Waals surface area contributed by atoms with Gasteiger partial charge in [0.1, 0.15) is 17.9 Å². The molecule has 3 heterocycles. The molecule has 1 aromatic carbocycles. The molecule has 118 valence electrons. The van der Waals surface area contributed by atoms with Crippen molar-refractivity contribution in [3.05, 3.63) is 51.3 Å². The summed E-state index contributed by atoms with van der Waals surface area (Å²) in [5, 5.41) is 9.52. The summed E-state index contributed by atoms with van der Waals surface area (Å²) < 4.78 is 11.1. The molecular weight excluding hydrogens is 298 g/mol. The first-order chi connectivity index (χ1) is 11.0. The molecule has 0 unspecified atom stereocenters. The highest BCUT2D eigenvalue weighted by Gasteiger charge is 2.43. The number of carboxylic acids is 1. The van der Waals surface area contributed by atoms with Gasteiger partial charge in [0.05, 0.1) is 18.9 Å². The van der Waals surface area contributed by atoms with Crippen LogP contribution in [0.25, 0.3) is 11.3 Å². The number of benzene rings is 1. The Hall–Kier alpha value is -2.60. The SMILES string of the molecule is CC1(c2c3c([nH]c(=O)c2C(=O)O)-c2ccccc2OC3)COC1. The second-order valence-electron chi connectivity index (χ2n) is 6.20. The Balaban J connectivity index is 2.07. The number of H-pyrrole nitrogens is 1. The molecule has 2 aromatic rings. The molecule has 1 aromatic heterocycles. The number of aromatic carboxylic acids is 1. The van der Waals surface area contributed by atoms with Gasteiger partial charge in [-0.2, -0.15) is 0 Å². The average Bonchev–Trinajstić information content (AvgIpc) is 2.51. The van der Waals surface area contributed by atoms with Gasteiger partial charge in [-0.25, -0.2) is 4.79 Å². The smallest absolute Gasteiger partial charge is 0.341 e. The molecule has 0 aliphatic carbocycles. The number of hydrogen-bond donors (Lipinski definition) is 2. The number of pyridine rings is 1. The molecule has 0 bridgehead atoms. The van der Waals surface area contributed by atoms with Crippen LogP contribution in [-0.4, -0.2) is 29.3 Å². The van der Waals surface area contributed by atoms with Crippen LogP contribution >= 0.6 is 0 Å². The molecule has 1 fully saturated rings. The molecule has 0 spiro atoms. The predicted molar refractivity (Wildman–Crippen MR) is 82.0 cm³/mol. The van der Waals surface area contributed by atoms with Gasteiger partial charge in [-0.15, -0.1) is 0 Å². The van der Waals surface area contributed by atoms with Crippen molar-refractivity contribution in [1.29, 1.82) is 0 Å². The van der Waals surface area contributed by atoms with E-state index in [1.165, 1.54) is 0 Å². The normalized spacial score (nSPS) is 17.4. The van der Waals surface area contributed by atoms with E-state index in [2.05, 4.69) is 4.98 Å². The van der Waals surface area contributed by atoms with Gasteiger partial charge >= 0.3 is 5.97 Å². The summed E-state index contributed by atoms with van der Waals surface area (Å²) in [4.78, 5) is 26.8. The highest BCUT2D eigenvalue weighted by atomic mass is 16.5. The third kappa shape index (κ3) is 1.91. The zero-order valence-electron chi connectivity index (χ0n) is 12.5. The fraction of sp³-hybridized carbons (Fsp3) is 0.294. The van der Waals surface area contributed by atoms with E-state index in [9.17, 15) is 14.7 Å². The van der Waals surface area contributed by atoms with Crippen molar-refractivity contribution in [2.24, 2.45) is 0 Å². The molecule has 4 rings (SSSR count). The number of para-hydroxylation sites is 1. The van der Waals surface area contributed by atoms with Gasteiger partial charge in [0.15, 0.2) is 0 Å². The lowest BCUT2D eigenvalue weighted by Gasteiger charge is -2.41. The maximum atomic E-state index is 12.4. The van der Waals surface area contributed by atoms with Crippen LogP contribution in [0.5, 0.6) is 5.75 Å². The van der Waals surface area contributed by atoms with E-state index in [1.54, 1.807) is 0 Å². The number of ether oxygens (including phenoxy) is 2. The Morgan fingerprint density at radius 3 is 2.70 bits per heavy atom. The van der Waals surface area contributed by atoms with Gasteiger partial charge in [-0.3, -0.25) is 4.79 Å². The van der Waals surface area contributed by atoms with Crippen LogP contribution in [-0.2, 0) is 16.8 Å². The van der Waals surface area contributed by atoms with E-state index in [4.69, 9.17) is 9.47 Å². The van der Waals surface area contributed by atoms with Crippen LogP contribution in [0, 0.1) is 0 Å². The highest BCUT2D eigenvalue weighted by Crippen LogP contribution is 2.42. The zero-order chi connectivity index (χ0) is 16.2. The minimum Gasteiger partial charge on any atom is -0.488 e. The number of hydrogen-bond acceptors (Lipinski definition) is 4. The molecule has 0 atom stereocenters. The van der Waals surface area contributed by atoms with Crippen LogP contribution in [0.4, 0.5) is 0 Å². The molecule has 2 aliphatic rings. The summed E-state index contributed by atoms with van der Waals surface area (Å²) in [5.74, 6) is -0.546. The van der Waals surface area contributed by atoms with E-state index >= 15 is 0 Å². The van der Waals surface area contributed by atoms with Crippen molar-refractivity contribution >= 4 is 5.97 Å². The van der Waals surface area contributed by atoms with Crippen LogP contribution in [0.2, 0.25) is 0 Å². The summed E-state index contributed by atoms with van der Waals surface area (Å²) >= 11 is 0. The first kappa shape index (κ1) is 14.0. The largest absolute Gasteiger partial charge is 0.488 e. The molecule has 6 heteroatoms. The fourth-order valence-corrected chi connectivity index (χ4v) is 3.39. The highest BCUT2D eigenvalue weighted by molar-refractivity contribution is 5.91. The first-order valence-electron chi connectivity index (χ1n) is 7.34. The summed E-state index contributed by atoms with van der Waals surface area (Å²) in [6.45, 7) is 2.93. The maximum Gasteiger partial charge on any atom is 0.341 e. The number of nitrogens with one attached hydrogen (secondary N) is 1. The lowest BCUT2D eigenvalue weighted by Crippen LogP contribution is -2.47. The fourth-order valence-electron chi connectivity index (χ4n) is 3.39. The number of carboxylic acid groups (broad SMARTS) is 1. The van der Waals surface area contributed by atoms with Crippen molar-refractivity contribution in [3.63, 3.8) is 0 Å². The molecule has 0 saturated carbocycles. The maximum absolute atomic E-state index is 12.4. The number of aromatic amines is 1. The van der Waals surface area contributed by atoms with Gasteiger partial charge in [-0.1, -0.05) is 19.1 Å². The van der Waals surface area contributed by atoms with Crippen LogP contribution < -0.4 is 10.3 Å². The third-order valence-corrected chi connectivity index (χ3v) is 4.51. The van der Waals surface area contributed by atoms with Crippen molar-refractivity contribution in [2.75, 3.05) is 13.2 Å². The third-order valence-electron chi connectivity index (χ3n) is 4.51. The van der Waals surface area contributed by atoms with E-state index in [1.807, 2.05) is 31.2 Å². The molecule has 0 amide bonds. The van der Waals surface area contributed by atoms with E-state index in [0.29, 0.717) is 30.2 Å². The minimum atomic E-state index is -1.23. The number of aromatic nitrogens is 1. The molecule has 2 N–H and O–H groups in total. The van der Waals surface area contributed by atoms with E-state index < -0.39 is 16.9 Å². The van der Waals surface area contributed by atoms with E-state index in [-0.39, 0.29) is 12.2 Å². The van der Waals surface area contributed by atoms with Crippen LogP contribution in [0.3, 0.4) is 0 Å². The van der Waals surface area contributed by atoms with Crippen molar-refractivity contribution in [2.45, 2.75) is 18.9 Å². The molecule has 1 saturated heterocycles. The van der Waals surface area contributed by atoms with Gasteiger partial charge in [-0.05, 0) is 17.7 Å². The van der Waals surface area contributed by atoms with E-state index in [0.717, 1.165) is 11.1 Å². The molecule has 23 heavy (non-hydrogen) atoms. The second kappa shape index (κ2) is 4.70. The number of rotatable bonds is 2. The minimum absolute atomic E-state index is 0.211. The lowest BCUT2D eigenvalue weighted by molar-refractivity contribution is -0.0512. The summed E-state index contributed by atoms with van der Waals surface area (Å²) in [7, 11) is 0. The standard InChI is InChI=1S/C17H15NO5/c1-17(7-22-8-17)13-10-6-23-11-5-3-2-4-9(11)14(10)18-15(19)12(13)16(20)21/h2-5H,6-8H2,1H3,(H,18,19)(H,20,21). The average molecular weight is 313 g/mol.